The Morgan fingerprint density at radius 2 is 1.76 bits per heavy atom. The molecule has 2 aromatic carbocycles. The highest BCUT2D eigenvalue weighted by molar-refractivity contribution is 5.32. The van der Waals surface area contributed by atoms with Gasteiger partial charge in [-0.3, -0.25) is 0 Å². The van der Waals surface area contributed by atoms with Gasteiger partial charge in [-0.15, -0.1) is 0 Å². The molecule has 2 aromatic rings. The molecule has 0 heterocycles. The topological polar surface area (TPSA) is 26.0 Å². The highest BCUT2D eigenvalue weighted by Crippen LogP contribution is 2.35. The first-order valence-corrected chi connectivity index (χ1v) is 8.23. The third-order valence-corrected chi connectivity index (χ3v) is 4.79. The molecule has 2 unspecified atom stereocenters. The molecular formula is C20H25N. The van der Waals surface area contributed by atoms with Gasteiger partial charge in [0.05, 0.1) is 0 Å². The maximum absolute atomic E-state index is 6.31. The molecule has 1 heteroatoms. The summed E-state index contributed by atoms with van der Waals surface area (Å²) in [5.74, 6) is 0.748. The average molecular weight is 279 g/mol. The van der Waals surface area contributed by atoms with Gasteiger partial charge in [-0.25, -0.2) is 0 Å². The normalized spacial score (nSPS) is 19.0. The molecule has 0 aliphatic heterocycles. The lowest BCUT2D eigenvalue weighted by molar-refractivity contribution is 0.478. The molecule has 3 rings (SSSR count). The fourth-order valence-corrected chi connectivity index (χ4v) is 3.61. The number of aryl methyl sites for hydroxylation is 1. The average Bonchev–Trinajstić information content (AvgIpc) is 2.56. The third-order valence-electron chi connectivity index (χ3n) is 4.79. The molecular weight excluding hydrogens is 254 g/mol. The van der Waals surface area contributed by atoms with Crippen LogP contribution in [0.4, 0.5) is 0 Å². The summed E-state index contributed by atoms with van der Waals surface area (Å²) in [6.45, 7) is 0. The lowest BCUT2D eigenvalue weighted by atomic mass is 9.80. The molecule has 0 saturated carbocycles. The number of benzene rings is 2. The van der Waals surface area contributed by atoms with Crippen LogP contribution >= 0.6 is 0 Å². The molecule has 1 aliphatic rings. The van der Waals surface area contributed by atoms with E-state index in [1.54, 1.807) is 11.1 Å². The number of hydrogen-bond acceptors (Lipinski definition) is 1. The zero-order valence-electron chi connectivity index (χ0n) is 12.7. The summed E-state index contributed by atoms with van der Waals surface area (Å²) < 4.78 is 0. The minimum Gasteiger partial charge on any atom is -0.324 e. The summed E-state index contributed by atoms with van der Waals surface area (Å²) >= 11 is 0. The molecule has 0 bridgehead atoms. The van der Waals surface area contributed by atoms with Crippen molar-refractivity contribution in [3.63, 3.8) is 0 Å². The van der Waals surface area contributed by atoms with Gasteiger partial charge in [-0.05, 0) is 54.7 Å². The van der Waals surface area contributed by atoms with E-state index in [9.17, 15) is 0 Å². The molecule has 2 atom stereocenters. The van der Waals surface area contributed by atoms with Crippen LogP contribution in [0.15, 0.2) is 54.6 Å². The van der Waals surface area contributed by atoms with Crippen molar-refractivity contribution in [2.24, 2.45) is 5.73 Å². The molecule has 21 heavy (non-hydrogen) atoms. The second kappa shape index (κ2) is 6.91. The van der Waals surface area contributed by atoms with E-state index in [1.807, 2.05) is 0 Å². The van der Waals surface area contributed by atoms with E-state index < -0.39 is 0 Å². The van der Waals surface area contributed by atoms with E-state index >= 15 is 0 Å². The molecule has 110 valence electrons. The van der Waals surface area contributed by atoms with Crippen LogP contribution in [0.1, 0.15) is 60.8 Å². The fraction of sp³-hybridized carbons (Fsp3) is 0.400. The summed E-state index contributed by atoms with van der Waals surface area (Å²) in [6.07, 6.45) is 7.52. The van der Waals surface area contributed by atoms with Crippen molar-refractivity contribution < 1.29 is 0 Å². The molecule has 0 radical (unpaired) electrons. The van der Waals surface area contributed by atoms with Crippen molar-refractivity contribution in [2.75, 3.05) is 0 Å². The van der Waals surface area contributed by atoms with Crippen molar-refractivity contribution in [2.45, 2.75) is 50.5 Å². The van der Waals surface area contributed by atoms with Crippen molar-refractivity contribution in [3.8, 4) is 0 Å². The Kier molecular flexibility index (Phi) is 4.72. The molecule has 0 saturated heterocycles. The zero-order chi connectivity index (χ0) is 14.5. The lowest BCUT2D eigenvalue weighted by Gasteiger charge is -2.26. The number of rotatable bonds is 5. The predicted octanol–water partition coefficient (Wildman–Crippen LogP) is 4.98. The van der Waals surface area contributed by atoms with Crippen LogP contribution in [-0.2, 0) is 6.42 Å². The van der Waals surface area contributed by atoms with E-state index in [-0.39, 0.29) is 6.04 Å². The third kappa shape index (κ3) is 3.54. The first-order chi connectivity index (χ1) is 10.3. The van der Waals surface area contributed by atoms with Crippen LogP contribution in [-0.4, -0.2) is 0 Å². The Hall–Kier alpha value is -1.60. The predicted molar refractivity (Wildman–Crippen MR) is 89.3 cm³/mol. The lowest BCUT2D eigenvalue weighted by Crippen LogP contribution is -2.12. The first-order valence-electron chi connectivity index (χ1n) is 8.23. The number of fused-ring (bicyclic) bond motifs is 1. The van der Waals surface area contributed by atoms with E-state index in [4.69, 9.17) is 5.73 Å². The van der Waals surface area contributed by atoms with Gasteiger partial charge in [-0.2, -0.15) is 0 Å². The molecule has 0 amide bonds. The first kappa shape index (κ1) is 14.3. The molecule has 0 aromatic heterocycles. The van der Waals surface area contributed by atoms with E-state index in [1.165, 1.54) is 37.7 Å². The number of hydrogen-bond donors (Lipinski definition) is 1. The summed E-state index contributed by atoms with van der Waals surface area (Å²) in [5, 5.41) is 0. The monoisotopic (exact) mass is 279 g/mol. The fourth-order valence-electron chi connectivity index (χ4n) is 3.61. The highest BCUT2D eigenvalue weighted by Gasteiger charge is 2.19. The minimum atomic E-state index is 0.185. The number of nitrogens with two attached hydrogens (primary N) is 1. The van der Waals surface area contributed by atoms with E-state index in [2.05, 4.69) is 54.6 Å². The van der Waals surface area contributed by atoms with Gasteiger partial charge in [0.1, 0.15) is 0 Å². The summed E-state index contributed by atoms with van der Waals surface area (Å²) in [5.41, 5.74) is 10.7. The van der Waals surface area contributed by atoms with E-state index in [0.717, 1.165) is 12.3 Å². The van der Waals surface area contributed by atoms with E-state index in [0.29, 0.717) is 0 Å². The Labute approximate surface area is 128 Å². The molecule has 1 aliphatic carbocycles. The van der Waals surface area contributed by atoms with Crippen molar-refractivity contribution in [1.82, 2.24) is 0 Å². The van der Waals surface area contributed by atoms with Crippen molar-refractivity contribution in [1.29, 1.82) is 0 Å². The highest BCUT2D eigenvalue weighted by atomic mass is 14.6. The van der Waals surface area contributed by atoms with Crippen molar-refractivity contribution in [3.05, 3.63) is 71.3 Å². The molecule has 0 fully saturated rings. The minimum absolute atomic E-state index is 0.185. The second-order valence-electron chi connectivity index (χ2n) is 6.24. The van der Waals surface area contributed by atoms with Gasteiger partial charge in [-0.1, -0.05) is 61.0 Å². The van der Waals surface area contributed by atoms with Crippen LogP contribution < -0.4 is 5.73 Å². The van der Waals surface area contributed by atoms with Crippen LogP contribution in [0.25, 0.3) is 0 Å². The Morgan fingerprint density at radius 1 is 1.00 bits per heavy atom. The van der Waals surface area contributed by atoms with Crippen LogP contribution in [0.3, 0.4) is 0 Å². The summed E-state index contributed by atoms with van der Waals surface area (Å²) in [6, 6.07) is 19.7. The second-order valence-corrected chi connectivity index (χ2v) is 6.24. The quantitative estimate of drug-likeness (QED) is 0.821. The van der Waals surface area contributed by atoms with Crippen LogP contribution in [0.5, 0.6) is 0 Å². The molecule has 0 spiro atoms. The van der Waals surface area contributed by atoms with Crippen molar-refractivity contribution >= 4 is 0 Å². The van der Waals surface area contributed by atoms with Crippen LogP contribution in [0.2, 0.25) is 0 Å². The van der Waals surface area contributed by atoms with Gasteiger partial charge >= 0.3 is 0 Å². The largest absolute Gasteiger partial charge is 0.324 e. The molecule has 2 N–H and O–H groups in total. The molecule has 1 nitrogen and oxygen atoms in total. The Balaban J connectivity index is 1.55. The van der Waals surface area contributed by atoms with Gasteiger partial charge in [0.2, 0.25) is 0 Å². The Bertz CT molecular complexity index is 561. The maximum atomic E-state index is 6.31. The van der Waals surface area contributed by atoms with Crippen LogP contribution in [0, 0.1) is 0 Å². The SMILES string of the molecule is NC(CCCC1CCCc2ccccc21)c1ccccc1. The summed E-state index contributed by atoms with van der Waals surface area (Å²) in [4.78, 5) is 0. The summed E-state index contributed by atoms with van der Waals surface area (Å²) in [7, 11) is 0. The smallest absolute Gasteiger partial charge is 0.0294 e. The van der Waals surface area contributed by atoms with Gasteiger partial charge < -0.3 is 5.73 Å². The van der Waals surface area contributed by atoms with Gasteiger partial charge in [0.15, 0.2) is 0 Å². The Morgan fingerprint density at radius 3 is 2.62 bits per heavy atom. The zero-order valence-corrected chi connectivity index (χ0v) is 12.7. The van der Waals surface area contributed by atoms with Gasteiger partial charge in [0, 0.05) is 6.04 Å². The van der Waals surface area contributed by atoms with Gasteiger partial charge in [0.25, 0.3) is 0 Å². The standard InChI is InChI=1S/C20H25N/c21-20(18-9-2-1-3-10-18)15-7-13-17-12-6-11-16-8-4-5-14-19(16)17/h1-5,8-10,14,17,20H,6-7,11-13,15,21H2. The maximum Gasteiger partial charge on any atom is 0.0294 e.